The lowest BCUT2D eigenvalue weighted by Crippen LogP contribution is -2.36. The van der Waals surface area contributed by atoms with Gasteiger partial charge in [0.05, 0.1) is 24.5 Å². The molecular weight excluding hydrogens is 314 g/mol. The van der Waals surface area contributed by atoms with E-state index in [1.165, 1.54) is 25.8 Å². The van der Waals surface area contributed by atoms with Crippen LogP contribution in [0.15, 0.2) is 18.6 Å². The van der Waals surface area contributed by atoms with Gasteiger partial charge in [-0.05, 0) is 39.2 Å². The number of nitrogens with one attached hydrogen (secondary N) is 1. The summed E-state index contributed by atoms with van der Waals surface area (Å²) in [6.07, 6.45) is 12.1. The molecule has 4 rings (SSSR count). The van der Waals surface area contributed by atoms with Gasteiger partial charge in [-0.25, -0.2) is 9.67 Å². The van der Waals surface area contributed by atoms with E-state index in [1.54, 1.807) is 0 Å². The van der Waals surface area contributed by atoms with Crippen molar-refractivity contribution in [2.45, 2.75) is 64.2 Å². The summed E-state index contributed by atoms with van der Waals surface area (Å²) in [5, 5.41) is 8.88. The Morgan fingerprint density at radius 2 is 2.00 bits per heavy atom. The fourth-order valence-corrected chi connectivity index (χ4v) is 4.10. The molecule has 2 fully saturated rings. The molecule has 1 atom stereocenters. The summed E-state index contributed by atoms with van der Waals surface area (Å²) in [6, 6.07) is 1.15. The van der Waals surface area contributed by atoms with Crippen LogP contribution in [0.1, 0.15) is 56.6 Å². The molecule has 4 heterocycles. The number of piperidine rings is 2. The molecule has 0 unspecified atom stereocenters. The molecular formula is C18H29N7. The van der Waals surface area contributed by atoms with Gasteiger partial charge >= 0.3 is 0 Å². The monoisotopic (exact) mass is 343 g/mol. The number of likely N-dealkylation sites (tertiary alicyclic amines) is 2. The van der Waals surface area contributed by atoms with E-state index < -0.39 is 0 Å². The molecule has 0 aliphatic carbocycles. The highest BCUT2D eigenvalue weighted by atomic mass is 15.4. The van der Waals surface area contributed by atoms with Crippen LogP contribution in [-0.2, 0) is 13.1 Å². The number of nitrogens with zero attached hydrogens (tertiary/aromatic N) is 6. The molecule has 0 saturated carbocycles. The van der Waals surface area contributed by atoms with Crippen LogP contribution in [0.3, 0.4) is 0 Å². The lowest BCUT2D eigenvalue weighted by molar-refractivity contribution is 0.150. The van der Waals surface area contributed by atoms with E-state index in [0.29, 0.717) is 12.1 Å². The highest BCUT2D eigenvalue weighted by Crippen LogP contribution is 2.23. The minimum Gasteiger partial charge on any atom is -0.348 e. The average Bonchev–Trinajstić information content (AvgIpc) is 3.30. The molecule has 1 N–H and O–H groups in total. The first-order valence-corrected chi connectivity index (χ1v) is 9.63. The lowest BCUT2D eigenvalue weighted by Gasteiger charge is -2.32. The molecule has 136 valence electrons. The summed E-state index contributed by atoms with van der Waals surface area (Å²) in [7, 11) is 0. The van der Waals surface area contributed by atoms with E-state index in [-0.39, 0.29) is 0 Å². The van der Waals surface area contributed by atoms with Gasteiger partial charge in [0.15, 0.2) is 0 Å². The fourth-order valence-electron chi connectivity index (χ4n) is 4.10. The molecule has 7 heteroatoms. The molecule has 2 aliphatic heterocycles. The van der Waals surface area contributed by atoms with Crippen molar-refractivity contribution in [2.24, 2.45) is 0 Å². The van der Waals surface area contributed by atoms with Crippen LogP contribution in [0.2, 0.25) is 0 Å². The molecule has 2 aliphatic rings. The van der Waals surface area contributed by atoms with E-state index in [0.717, 1.165) is 50.5 Å². The smallest absolute Gasteiger partial charge is 0.120 e. The number of aromatic nitrogens is 5. The normalized spacial score (nSPS) is 24.0. The number of hydrogen-bond donors (Lipinski definition) is 1. The average molecular weight is 343 g/mol. The fraction of sp³-hybridized carbons (Fsp3) is 0.722. The Balaban J connectivity index is 1.29. The molecule has 2 aromatic rings. The molecule has 0 bridgehead atoms. The van der Waals surface area contributed by atoms with Gasteiger partial charge in [-0.1, -0.05) is 11.6 Å². The number of imidazole rings is 1. The first kappa shape index (κ1) is 16.7. The topological polar surface area (TPSA) is 65.9 Å². The maximum atomic E-state index is 4.44. The third-order valence-corrected chi connectivity index (χ3v) is 5.72. The van der Waals surface area contributed by atoms with Crippen molar-refractivity contribution in [2.75, 3.05) is 19.6 Å². The van der Waals surface area contributed by atoms with Crippen molar-refractivity contribution < 1.29 is 0 Å². The predicted molar refractivity (Wildman–Crippen MR) is 95.9 cm³/mol. The molecule has 25 heavy (non-hydrogen) atoms. The summed E-state index contributed by atoms with van der Waals surface area (Å²) in [6.45, 7) is 7.55. The largest absolute Gasteiger partial charge is 0.348 e. The second-order valence-electron chi connectivity index (χ2n) is 7.55. The van der Waals surface area contributed by atoms with E-state index in [9.17, 15) is 0 Å². The maximum Gasteiger partial charge on any atom is 0.120 e. The van der Waals surface area contributed by atoms with Crippen LogP contribution in [-0.4, -0.2) is 60.4 Å². The van der Waals surface area contributed by atoms with Crippen LogP contribution in [0.5, 0.6) is 0 Å². The van der Waals surface area contributed by atoms with Crippen LogP contribution >= 0.6 is 0 Å². The number of hydrogen-bond acceptors (Lipinski definition) is 5. The Kier molecular flexibility index (Phi) is 5.12. The van der Waals surface area contributed by atoms with Crippen molar-refractivity contribution in [1.29, 1.82) is 0 Å². The summed E-state index contributed by atoms with van der Waals surface area (Å²) >= 11 is 0. The molecule has 0 spiro atoms. The van der Waals surface area contributed by atoms with Crippen molar-refractivity contribution in [3.8, 4) is 0 Å². The first-order valence-electron chi connectivity index (χ1n) is 9.63. The number of rotatable bonds is 5. The minimum atomic E-state index is 0.480. The third kappa shape index (κ3) is 4.10. The van der Waals surface area contributed by atoms with Gasteiger partial charge in [-0.2, -0.15) is 0 Å². The van der Waals surface area contributed by atoms with Gasteiger partial charge in [-0.3, -0.25) is 9.80 Å². The molecule has 7 nitrogen and oxygen atoms in total. The SMILES string of the molecule is C[C@@H]1CCCCN1Cc1cn(C2CCN(Cc3ncc[nH]3)CC2)nn1. The van der Waals surface area contributed by atoms with Crippen LogP contribution in [0.4, 0.5) is 0 Å². The van der Waals surface area contributed by atoms with Crippen molar-refractivity contribution in [3.63, 3.8) is 0 Å². The quantitative estimate of drug-likeness (QED) is 0.902. The molecule has 0 aromatic carbocycles. The predicted octanol–water partition coefficient (Wildman–Crippen LogP) is 2.21. The Labute approximate surface area is 149 Å². The highest BCUT2D eigenvalue weighted by Gasteiger charge is 2.23. The van der Waals surface area contributed by atoms with E-state index >= 15 is 0 Å². The lowest BCUT2D eigenvalue weighted by atomic mass is 10.0. The van der Waals surface area contributed by atoms with Crippen molar-refractivity contribution in [1.82, 2.24) is 34.8 Å². The third-order valence-electron chi connectivity index (χ3n) is 5.72. The summed E-state index contributed by atoms with van der Waals surface area (Å²) in [4.78, 5) is 12.5. The molecule has 0 radical (unpaired) electrons. The van der Waals surface area contributed by atoms with Gasteiger partial charge in [0, 0.05) is 38.1 Å². The van der Waals surface area contributed by atoms with E-state index in [1.807, 2.05) is 12.4 Å². The highest BCUT2D eigenvalue weighted by molar-refractivity contribution is 4.96. The van der Waals surface area contributed by atoms with Crippen LogP contribution in [0, 0.1) is 0 Å². The molecule has 2 saturated heterocycles. The zero-order valence-electron chi connectivity index (χ0n) is 15.1. The second kappa shape index (κ2) is 7.66. The Morgan fingerprint density at radius 1 is 1.12 bits per heavy atom. The zero-order chi connectivity index (χ0) is 17.1. The van der Waals surface area contributed by atoms with Gasteiger partial charge in [0.25, 0.3) is 0 Å². The van der Waals surface area contributed by atoms with Gasteiger partial charge in [-0.15, -0.1) is 5.10 Å². The molecule has 2 aromatic heterocycles. The standard InChI is InChI=1S/C18H29N7/c1-15-4-2-3-9-24(15)12-16-13-25(22-21-16)17-5-10-23(11-6-17)14-18-19-7-8-20-18/h7-8,13,15,17H,2-6,9-12,14H2,1H3,(H,19,20)/t15-/m1/s1. The Hall–Kier alpha value is -1.73. The number of H-pyrrole nitrogens is 1. The van der Waals surface area contributed by atoms with Gasteiger partial charge < -0.3 is 4.98 Å². The first-order chi connectivity index (χ1) is 12.3. The van der Waals surface area contributed by atoms with Crippen LogP contribution < -0.4 is 0 Å². The number of aromatic amines is 1. The summed E-state index contributed by atoms with van der Waals surface area (Å²) < 4.78 is 2.11. The maximum absolute atomic E-state index is 4.44. The molecule has 0 amide bonds. The Morgan fingerprint density at radius 3 is 2.76 bits per heavy atom. The zero-order valence-corrected chi connectivity index (χ0v) is 15.1. The van der Waals surface area contributed by atoms with E-state index in [4.69, 9.17) is 0 Å². The van der Waals surface area contributed by atoms with Gasteiger partial charge in [0.2, 0.25) is 0 Å². The second-order valence-corrected chi connectivity index (χ2v) is 7.55. The van der Waals surface area contributed by atoms with Crippen molar-refractivity contribution in [3.05, 3.63) is 30.1 Å². The summed E-state index contributed by atoms with van der Waals surface area (Å²) in [5.41, 5.74) is 1.12. The summed E-state index contributed by atoms with van der Waals surface area (Å²) in [5.74, 6) is 1.05. The Bertz CT molecular complexity index is 642. The van der Waals surface area contributed by atoms with Gasteiger partial charge in [0.1, 0.15) is 5.82 Å². The van der Waals surface area contributed by atoms with E-state index in [2.05, 4.69) is 47.9 Å². The minimum absolute atomic E-state index is 0.480. The van der Waals surface area contributed by atoms with Crippen LogP contribution in [0.25, 0.3) is 0 Å². The van der Waals surface area contributed by atoms with Crippen molar-refractivity contribution >= 4 is 0 Å².